The van der Waals surface area contributed by atoms with Gasteiger partial charge >= 0.3 is 0 Å². The highest BCUT2D eigenvalue weighted by atomic mass is 35.5. The molecule has 7 heteroatoms. The molecule has 4 aromatic rings. The molecule has 0 spiro atoms. The van der Waals surface area contributed by atoms with Gasteiger partial charge in [-0.1, -0.05) is 29.8 Å². The zero-order valence-electron chi connectivity index (χ0n) is 15.4. The first kappa shape index (κ1) is 18.3. The van der Waals surface area contributed by atoms with Crippen LogP contribution in [-0.2, 0) is 4.79 Å². The van der Waals surface area contributed by atoms with Gasteiger partial charge < -0.3 is 13.9 Å². The van der Waals surface area contributed by atoms with E-state index < -0.39 is 23.5 Å². The molecule has 1 aliphatic rings. The molecule has 1 amide bonds. The van der Waals surface area contributed by atoms with Crippen molar-refractivity contribution in [3.63, 3.8) is 0 Å². The number of fused-ring (bicyclic) bond motifs is 1. The lowest BCUT2D eigenvalue weighted by Gasteiger charge is -2.24. The summed E-state index contributed by atoms with van der Waals surface area (Å²) in [4.78, 5) is 27.7. The average Bonchev–Trinajstić information content (AvgIpc) is 3.47. The van der Waals surface area contributed by atoms with Gasteiger partial charge in [-0.3, -0.25) is 14.5 Å². The number of para-hydroxylation sites is 1. The van der Waals surface area contributed by atoms with Crippen LogP contribution in [0.25, 0.3) is 11.0 Å². The van der Waals surface area contributed by atoms with Crippen molar-refractivity contribution < 1.29 is 23.5 Å². The highest BCUT2D eigenvalue weighted by molar-refractivity contribution is 6.31. The second-order valence-electron chi connectivity index (χ2n) is 6.81. The second kappa shape index (κ2) is 6.93. The Morgan fingerprint density at radius 2 is 1.83 bits per heavy atom. The molecule has 30 heavy (non-hydrogen) atoms. The summed E-state index contributed by atoms with van der Waals surface area (Å²) >= 11 is 6.01. The fourth-order valence-electron chi connectivity index (χ4n) is 3.67. The molecule has 0 saturated heterocycles. The van der Waals surface area contributed by atoms with Crippen molar-refractivity contribution >= 4 is 39.9 Å². The van der Waals surface area contributed by atoms with Gasteiger partial charge in [0.15, 0.2) is 11.5 Å². The molecule has 3 heterocycles. The van der Waals surface area contributed by atoms with E-state index in [9.17, 15) is 14.7 Å². The number of aliphatic hydroxyl groups is 1. The Kier molecular flexibility index (Phi) is 4.22. The number of nitrogens with zero attached hydrogens (tertiary/aromatic N) is 1. The fourth-order valence-corrected chi connectivity index (χ4v) is 3.85. The molecule has 0 fully saturated rings. The Bertz CT molecular complexity index is 1300. The summed E-state index contributed by atoms with van der Waals surface area (Å²) in [6.45, 7) is 0. The number of benzene rings is 2. The Balaban J connectivity index is 1.64. The van der Waals surface area contributed by atoms with E-state index in [1.165, 1.54) is 11.2 Å². The summed E-state index contributed by atoms with van der Waals surface area (Å²) in [5.74, 6) is -1.59. The maximum atomic E-state index is 13.4. The van der Waals surface area contributed by atoms with E-state index in [2.05, 4.69) is 0 Å². The Labute approximate surface area is 175 Å². The predicted octanol–water partition coefficient (Wildman–Crippen LogP) is 5.46. The smallest absolute Gasteiger partial charge is 0.294 e. The van der Waals surface area contributed by atoms with Crippen LogP contribution in [0.4, 0.5) is 5.69 Å². The van der Waals surface area contributed by atoms with Crippen LogP contribution < -0.4 is 4.90 Å². The number of halogens is 1. The minimum absolute atomic E-state index is 0.00640. The predicted molar refractivity (Wildman–Crippen MR) is 111 cm³/mol. The molecule has 0 aliphatic carbocycles. The summed E-state index contributed by atoms with van der Waals surface area (Å²) in [6, 6.07) is 17.7. The Morgan fingerprint density at radius 1 is 1.03 bits per heavy atom. The van der Waals surface area contributed by atoms with Crippen LogP contribution in [0.1, 0.15) is 22.4 Å². The van der Waals surface area contributed by atoms with Gasteiger partial charge in [-0.2, -0.15) is 0 Å². The molecule has 1 atom stereocenters. The largest absolute Gasteiger partial charge is 0.503 e. The van der Waals surface area contributed by atoms with E-state index in [1.807, 2.05) is 6.07 Å². The van der Waals surface area contributed by atoms with Crippen molar-refractivity contribution in [3.05, 3.63) is 101 Å². The van der Waals surface area contributed by atoms with Gasteiger partial charge in [0.05, 0.1) is 11.8 Å². The minimum Gasteiger partial charge on any atom is -0.503 e. The number of ketones is 1. The van der Waals surface area contributed by atoms with Gasteiger partial charge in [0, 0.05) is 16.1 Å². The number of furan rings is 2. The lowest BCUT2D eigenvalue weighted by Crippen LogP contribution is -2.30. The van der Waals surface area contributed by atoms with Gasteiger partial charge in [0.2, 0.25) is 5.78 Å². The van der Waals surface area contributed by atoms with Crippen molar-refractivity contribution in [1.82, 2.24) is 0 Å². The van der Waals surface area contributed by atoms with E-state index in [4.69, 9.17) is 20.4 Å². The van der Waals surface area contributed by atoms with Gasteiger partial charge in [0.1, 0.15) is 17.4 Å². The molecule has 6 nitrogen and oxygen atoms in total. The summed E-state index contributed by atoms with van der Waals surface area (Å²) in [6.07, 6.45) is 1.45. The lowest BCUT2D eigenvalue weighted by molar-refractivity contribution is -0.117. The number of aliphatic hydroxyl groups excluding tert-OH is 1. The molecule has 1 N–H and O–H groups in total. The summed E-state index contributed by atoms with van der Waals surface area (Å²) in [7, 11) is 0. The van der Waals surface area contributed by atoms with Gasteiger partial charge in [0.25, 0.3) is 5.91 Å². The minimum atomic E-state index is -0.931. The number of hydrogen-bond donors (Lipinski definition) is 1. The monoisotopic (exact) mass is 419 g/mol. The Morgan fingerprint density at radius 3 is 2.57 bits per heavy atom. The van der Waals surface area contributed by atoms with E-state index in [1.54, 1.807) is 60.7 Å². The van der Waals surface area contributed by atoms with E-state index in [-0.39, 0.29) is 11.3 Å². The summed E-state index contributed by atoms with van der Waals surface area (Å²) in [5.41, 5.74) is 0.889. The van der Waals surface area contributed by atoms with Crippen LogP contribution in [0.15, 0.2) is 93.2 Å². The van der Waals surface area contributed by atoms with Crippen LogP contribution in [0, 0.1) is 0 Å². The van der Waals surface area contributed by atoms with Crippen LogP contribution in [0.2, 0.25) is 5.02 Å². The third kappa shape index (κ3) is 2.81. The molecular weight excluding hydrogens is 406 g/mol. The van der Waals surface area contributed by atoms with E-state index >= 15 is 0 Å². The fraction of sp³-hybridized carbons (Fsp3) is 0.0435. The molecule has 5 rings (SSSR count). The number of anilines is 1. The van der Waals surface area contributed by atoms with Crippen LogP contribution in [0.5, 0.6) is 0 Å². The van der Waals surface area contributed by atoms with Crippen LogP contribution in [-0.4, -0.2) is 16.8 Å². The first-order valence-corrected chi connectivity index (χ1v) is 9.51. The average molecular weight is 420 g/mol. The van der Waals surface area contributed by atoms with Crippen molar-refractivity contribution in [2.45, 2.75) is 6.04 Å². The quantitative estimate of drug-likeness (QED) is 0.444. The highest BCUT2D eigenvalue weighted by Gasteiger charge is 2.46. The van der Waals surface area contributed by atoms with Crippen molar-refractivity contribution in [2.24, 2.45) is 0 Å². The molecule has 2 aromatic heterocycles. The normalized spacial score (nSPS) is 16.6. The maximum absolute atomic E-state index is 13.4. The van der Waals surface area contributed by atoms with Gasteiger partial charge in [-0.25, -0.2) is 0 Å². The molecule has 1 unspecified atom stereocenters. The van der Waals surface area contributed by atoms with Crippen LogP contribution in [0.3, 0.4) is 0 Å². The lowest BCUT2D eigenvalue weighted by atomic mass is 9.99. The second-order valence-corrected chi connectivity index (χ2v) is 7.25. The molecule has 1 aliphatic heterocycles. The number of carbonyl (C=O) groups is 2. The topological polar surface area (TPSA) is 83.9 Å². The molecule has 2 aromatic carbocycles. The number of Topliss-reactive ketones (excluding diaryl/α,β-unsaturated/α-hetero) is 1. The summed E-state index contributed by atoms with van der Waals surface area (Å²) in [5, 5.41) is 11.8. The van der Waals surface area contributed by atoms with Crippen LogP contribution >= 0.6 is 11.6 Å². The third-order valence-corrected chi connectivity index (χ3v) is 5.24. The van der Waals surface area contributed by atoms with E-state index in [0.717, 1.165) is 0 Å². The van der Waals surface area contributed by atoms with E-state index in [0.29, 0.717) is 27.4 Å². The molecule has 0 bridgehead atoms. The first-order chi connectivity index (χ1) is 14.5. The summed E-state index contributed by atoms with van der Waals surface area (Å²) < 4.78 is 11.2. The number of carbonyl (C=O) groups excluding carboxylic acids is 2. The zero-order chi connectivity index (χ0) is 20.8. The first-order valence-electron chi connectivity index (χ1n) is 9.13. The molecule has 0 radical (unpaired) electrons. The van der Waals surface area contributed by atoms with Crippen molar-refractivity contribution in [3.8, 4) is 0 Å². The standard InChI is InChI=1S/C23H14ClNO5/c24-14-8-9-16-13(11-14)12-18(30-16)21(26)19-20(17-7-4-10-29-17)25(23(28)22(19)27)15-5-2-1-3-6-15/h1-12,20,27H. The molecular formula is C23H14ClNO5. The number of amides is 1. The zero-order valence-corrected chi connectivity index (χ0v) is 16.2. The van der Waals surface area contributed by atoms with Crippen molar-refractivity contribution in [1.29, 1.82) is 0 Å². The SMILES string of the molecule is O=C(C1=C(O)C(=O)N(c2ccccc2)C1c1ccco1)c1cc2cc(Cl)ccc2o1. The Hall–Kier alpha value is -3.77. The molecule has 0 saturated carbocycles. The molecule has 148 valence electrons. The number of hydrogen-bond acceptors (Lipinski definition) is 5. The van der Waals surface area contributed by atoms with Gasteiger partial charge in [-0.05, 0) is 48.5 Å². The third-order valence-electron chi connectivity index (χ3n) is 5.00. The number of rotatable bonds is 4. The van der Waals surface area contributed by atoms with Gasteiger partial charge in [-0.15, -0.1) is 0 Å². The maximum Gasteiger partial charge on any atom is 0.294 e. The van der Waals surface area contributed by atoms with Crippen molar-refractivity contribution in [2.75, 3.05) is 4.90 Å². The highest BCUT2D eigenvalue weighted by Crippen LogP contribution is 2.42.